The second-order valence-corrected chi connectivity index (χ2v) is 5.99. The third-order valence-corrected chi connectivity index (χ3v) is 3.94. The zero-order valence-corrected chi connectivity index (χ0v) is 13.2. The molecule has 0 radical (unpaired) electrons. The molecule has 3 heteroatoms. The Bertz CT molecular complexity index is 456. The van der Waals surface area contributed by atoms with Gasteiger partial charge in [-0.05, 0) is 38.3 Å². The standard InChI is InChI=1S/C18H27NO2/c1-4-18(3,14-19-15-10-11-15)12-13-21-17-9-7-6-8-16(17)20-5-2/h4,6-9,15,19H,1,5,10-14H2,2-3H3. The van der Waals surface area contributed by atoms with Gasteiger partial charge in [0.1, 0.15) is 0 Å². The molecular weight excluding hydrogens is 262 g/mol. The molecule has 1 unspecified atom stereocenters. The third kappa shape index (κ3) is 5.09. The quantitative estimate of drug-likeness (QED) is 0.665. The maximum atomic E-state index is 5.91. The van der Waals surface area contributed by atoms with E-state index in [-0.39, 0.29) is 5.41 Å². The fourth-order valence-electron chi connectivity index (χ4n) is 2.17. The molecular formula is C18H27NO2. The molecule has 1 aliphatic rings. The molecule has 1 N–H and O–H groups in total. The predicted octanol–water partition coefficient (Wildman–Crippen LogP) is 3.80. The van der Waals surface area contributed by atoms with E-state index in [1.165, 1.54) is 12.8 Å². The van der Waals surface area contributed by atoms with E-state index in [1.54, 1.807) is 0 Å². The minimum Gasteiger partial charge on any atom is -0.490 e. The summed E-state index contributed by atoms with van der Waals surface area (Å²) in [7, 11) is 0. The Balaban J connectivity index is 1.82. The molecule has 116 valence electrons. The lowest BCUT2D eigenvalue weighted by Crippen LogP contribution is -2.32. The van der Waals surface area contributed by atoms with Crippen LogP contribution in [0.5, 0.6) is 11.5 Å². The molecule has 0 spiro atoms. The van der Waals surface area contributed by atoms with Crippen molar-refractivity contribution in [2.75, 3.05) is 19.8 Å². The lowest BCUT2D eigenvalue weighted by molar-refractivity contribution is 0.230. The molecule has 2 rings (SSSR count). The summed E-state index contributed by atoms with van der Waals surface area (Å²) in [6, 6.07) is 8.56. The van der Waals surface area contributed by atoms with Crippen LogP contribution in [0.1, 0.15) is 33.1 Å². The molecule has 1 aromatic carbocycles. The van der Waals surface area contributed by atoms with Crippen LogP contribution in [-0.2, 0) is 0 Å². The average molecular weight is 289 g/mol. The van der Waals surface area contributed by atoms with Crippen molar-refractivity contribution in [2.45, 2.75) is 39.2 Å². The summed E-state index contributed by atoms with van der Waals surface area (Å²) in [6.45, 7) is 10.5. The summed E-state index contributed by atoms with van der Waals surface area (Å²) in [5, 5.41) is 3.58. The molecule has 1 saturated carbocycles. The molecule has 0 heterocycles. The fourth-order valence-corrected chi connectivity index (χ4v) is 2.17. The molecule has 0 amide bonds. The Morgan fingerprint density at radius 1 is 1.29 bits per heavy atom. The minimum atomic E-state index is 0.0726. The van der Waals surface area contributed by atoms with Crippen LogP contribution in [0.3, 0.4) is 0 Å². The van der Waals surface area contributed by atoms with E-state index in [9.17, 15) is 0 Å². The molecule has 1 atom stereocenters. The van der Waals surface area contributed by atoms with Gasteiger partial charge in [-0.3, -0.25) is 0 Å². The van der Waals surface area contributed by atoms with E-state index >= 15 is 0 Å². The summed E-state index contributed by atoms with van der Waals surface area (Å²) < 4.78 is 11.5. The van der Waals surface area contributed by atoms with E-state index < -0.39 is 0 Å². The van der Waals surface area contributed by atoms with Crippen molar-refractivity contribution in [1.82, 2.24) is 5.32 Å². The van der Waals surface area contributed by atoms with Gasteiger partial charge in [-0.1, -0.05) is 25.1 Å². The minimum absolute atomic E-state index is 0.0726. The fraction of sp³-hybridized carbons (Fsp3) is 0.556. The number of hydrogen-bond donors (Lipinski definition) is 1. The van der Waals surface area contributed by atoms with E-state index in [0.717, 1.165) is 30.5 Å². The van der Waals surface area contributed by atoms with Gasteiger partial charge in [0.25, 0.3) is 0 Å². The number of benzene rings is 1. The van der Waals surface area contributed by atoms with Gasteiger partial charge in [-0.25, -0.2) is 0 Å². The largest absolute Gasteiger partial charge is 0.490 e. The summed E-state index contributed by atoms with van der Waals surface area (Å²) >= 11 is 0. The lowest BCUT2D eigenvalue weighted by Gasteiger charge is -2.26. The first-order valence-corrected chi connectivity index (χ1v) is 7.88. The highest BCUT2D eigenvalue weighted by Gasteiger charge is 2.26. The Hall–Kier alpha value is -1.48. The number of ether oxygens (including phenoxy) is 2. The number of rotatable bonds is 10. The van der Waals surface area contributed by atoms with E-state index in [2.05, 4.69) is 18.8 Å². The first kappa shape index (κ1) is 15.9. The SMILES string of the molecule is C=CC(C)(CCOc1ccccc1OCC)CNC1CC1. The van der Waals surface area contributed by atoms with Crippen molar-refractivity contribution in [3.63, 3.8) is 0 Å². The highest BCUT2D eigenvalue weighted by Crippen LogP contribution is 2.29. The van der Waals surface area contributed by atoms with Crippen LogP contribution in [0.2, 0.25) is 0 Å². The van der Waals surface area contributed by atoms with Gasteiger partial charge in [0, 0.05) is 18.0 Å². The molecule has 1 aliphatic carbocycles. The van der Waals surface area contributed by atoms with Gasteiger partial charge in [-0.15, -0.1) is 6.58 Å². The van der Waals surface area contributed by atoms with Crippen molar-refractivity contribution in [3.05, 3.63) is 36.9 Å². The van der Waals surface area contributed by atoms with Crippen LogP contribution < -0.4 is 14.8 Å². The van der Waals surface area contributed by atoms with Gasteiger partial charge < -0.3 is 14.8 Å². The van der Waals surface area contributed by atoms with Crippen LogP contribution in [0.15, 0.2) is 36.9 Å². The van der Waals surface area contributed by atoms with E-state index in [4.69, 9.17) is 9.47 Å². The van der Waals surface area contributed by atoms with Crippen molar-refractivity contribution < 1.29 is 9.47 Å². The highest BCUT2D eigenvalue weighted by atomic mass is 16.5. The third-order valence-electron chi connectivity index (χ3n) is 3.94. The molecule has 3 nitrogen and oxygen atoms in total. The number of hydrogen-bond acceptors (Lipinski definition) is 3. The van der Waals surface area contributed by atoms with Crippen molar-refractivity contribution in [2.24, 2.45) is 5.41 Å². The molecule has 21 heavy (non-hydrogen) atoms. The molecule has 0 aromatic heterocycles. The van der Waals surface area contributed by atoms with Crippen LogP contribution in [0.25, 0.3) is 0 Å². The van der Waals surface area contributed by atoms with Gasteiger partial charge in [0.15, 0.2) is 11.5 Å². The van der Waals surface area contributed by atoms with Crippen molar-refractivity contribution in [3.8, 4) is 11.5 Å². The smallest absolute Gasteiger partial charge is 0.161 e. The van der Waals surface area contributed by atoms with Crippen molar-refractivity contribution >= 4 is 0 Å². The topological polar surface area (TPSA) is 30.5 Å². The molecule has 0 saturated heterocycles. The average Bonchev–Trinajstić information content (AvgIpc) is 3.32. The lowest BCUT2D eigenvalue weighted by atomic mass is 9.87. The first-order chi connectivity index (χ1) is 10.2. The zero-order valence-electron chi connectivity index (χ0n) is 13.2. The molecule has 0 aliphatic heterocycles. The van der Waals surface area contributed by atoms with Gasteiger partial charge >= 0.3 is 0 Å². The Labute approximate surface area is 128 Å². The summed E-state index contributed by atoms with van der Waals surface area (Å²) in [4.78, 5) is 0. The molecule has 1 fully saturated rings. The Morgan fingerprint density at radius 3 is 2.52 bits per heavy atom. The monoisotopic (exact) mass is 289 g/mol. The van der Waals surface area contributed by atoms with Crippen LogP contribution >= 0.6 is 0 Å². The molecule has 0 bridgehead atoms. The first-order valence-electron chi connectivity index (χ1n) is 7.88. The summed E-state index contributed by atoms with van der Waals surface area (Å²) in [5.74, 6) is 1.64. The van der Waals surface area contributed by atoms with Crippen LogP contribution in [-0.4, -0.2) is 25.8 Å². The van der Waals surface area contributed by atoms with Crippen molar-refractivity contribution in [1.29, 1.82) is 0 Å². The van der Waals surface area contributed by atoms with E-state index in [0.29, 0.717) is 13.2 Å². The van der Waals surface area contributed by atoms with Gasteiger partial charge in [0.05, 0.1) is 13.2 Å². The predicted molar refractivity (Wildman–Crippen MR) is 87.1 cm³/mol. The molecule has 1 aromatic rings. The Morgan fingerprint density at radius 2 is 1.95 bits per heavy atom. The summed E-state index contributed by atoms with van der Waals surface area (Å²) in [5.41, 5.74) is 0.0726. The normalized spacial score (nSPS) is 17.0. The van der Waals surface area contributed by atoms with Gasteiger partial charge in [0.2, 0.25) is 0 Å². The second-order valence-electron chi connectivity index (χ2n) is 5.99. The number of para-hydroxylation sites is 2. The maximum Gasteiger partial charge on any atom is 0.161 e. The Kier molecular flexibility index (Phi) is 5.68. The van der Waals surface area contributed by atoms with Crippen LogP contribution in [0, 0.1) is 5.41 Å². The summed E-state index contributed by atoms with van der Waals surface area (Å²) in [6.07, 6.45) is 5.60. The maximum absolute atomic E-state index is 5.91. The van der Waals surface area contributed by atoms with Gasteiger partial charge in [-0.2, -0.15) is 0 Å². The second kappa shape index (κ2) is 7.51. The number of nitrogens with one attached hydrogen (secondary N) is 1. The highest BCUT2D eigenvalue weighted by molar-refractivity contribution is 5.39. The van der Waals surface area contributed by atoms with E-state index in [1.807, 2.05) is 37.3 Å². The zero-order chi connectivity index (χ0) is 15.1. The van der Waals surface area contributed by atoms with Crippen LogP contribution in [0.4, 0.5) is 0 Å².